The van der Waals surface area contributed by atoms with E-state index >= 15 is 0 Å². The summed E-state index contributed by atoms with van der Waals surface area (Å²) in [6, 6.07) is 6.17. The third-order valence-electron chi connectivity index (χ3n) is 2.50. The second-order valence-corrected chi connectivity index (χ2v) is 5.59. The maximum atomic E-state index is 4.52. The predicted molar refractivity (Wildman–Crippen MR) is 79.8 cm³/mol. The van der Waals surface area contributed by atoms with Crippen LogP contribution in [-0.4, -0.2) is 30.3 Å². The summed E-state index contributed by atoms with van der Waals surface area (Å²) in [7, 11) is 3.92. The number of nitrogens with zero attached hydrogens (tertiary/aromatic N) is 3. The monoisotopic (exact) mass is 280 g/mol. The molecule has 0 amide bonds. The van der Waals surface area contributed by atoms with Crippen LogP contribution in [0.25, 0.3) is 0 Å². The molecule has 1 N–H and O–H groups in total. The van der Waals surface area contributed by atoms with Crippen LogP contribution in [0.5, 0.6) is 0 Å². The molecule has 0 saturated heterocycles. The van der Waals surface area contributed by atoms with Gasteiger partial charge in [-0.05, 0) is 17.7 Å². The highest BCUT2D eigenvalue weighted by Gasteiger charge is 2.08. The molecule has 96 valence electrons. The Balaban J connectivity index is 2.20. The molecule has 0 spiro atoms. The molecule has 0 fully saturated rings. The number of hydrogen-bond donors (Lipinski definition) is 1. The maximum absolute atomic E-state index is 4.52. The second-order valence-electron chi connectivity index (χ2n) is 3.78. The average molecular weight is 280 g/mol. The van der Waals surface area contributed by atoms with E-state index < -0.39 is 0 Å². The van der Waals surface area contributed by atoms with E-state index in [2.05, 4.69) is 37.7 Å². The van der Waals surface area contributed by atoms with Crippen molar-refractivity contribution in [3.63, 3.8) is 0 Å². The lowest BCUT2D eigenvalue weighted by molar-refractivity contribution is 0.867. The van der Waals surface area contributed by atoms with Crippen LogP contribution < -0.4 is 10.2 Å². The van der Waals surface area contributed by atoms with Crippen molar-refractivity contribution in [1.29, 1.82) is 0 Å². The van der Waals surface area contributed by atoms with E-state index in [0.29, 0.717) is 0 Å². The third-order valence-corrected chi connectivity index (χ3v) is 3.90. The minimum atomic E-state index is 0.787. The molecule has 0 aromatic carbocycles. The molecule has 0 saturated carbocycles. The van der Waals surface area contributed by atoms with Crippen LogP contribution >= 0.6 is 23.1 Å². The predicted octanol–water partition coefficient (Wildman–Crippen LogP) is 2.94. The zero-order valence-corrected chi connectivity index (χ0v) is 12.3. The first kappa shape index (κ1) is 13.2. The summed E-state index contributed by atoms with van der Waals surface area (Å²) in [5, 5.41) is 5.95. The first-order valence-corrected chi connectivity index (χ1v) is 7.67. The van der Waals surface area contributed by atoms with Crippen molar-refractivity contribution < 1.29 is 0 Å². The SMILES string of the molecule is CNc1cc(N(C)Cc2cccs2)nc(SC)n1. The fourth-order valence-electron chi connectivity index (χ4n) is 1.55. The van der Waals surface area contributed by atoms with E-state index in [1.165, 1.54) is 4.88 Å². The zero-order valence-electron chi connectivity index (χ0n) is 10.7. The lowest BCUT2D eigenvalue weighted by Crippen LogP contribution is -2.17. The highest BCUT2D eigenvalue weighted by atomic mass is 32.2. The van der Waals surface area contributed by atoms with E-state index in [4.69, 9.17) is 0 Å². The van der Waals surface area contributed by atoms with Crippen LogP contribution in [0.3, 0.4) is 0 Å². The van der Waals surface area contributed by atoms with Crippen LogP contribution in [0.2, 0.25) is 0 Å². The summed E-state index contributed by atoms with van der Waals surface area (Å²) >= 11 is 3.31. The van der Waals surface area contributed by atoms with Gasteiger partial charge in [-0.3, -0.25) is 0 Å². The first-order chi connectivity index (χ1) is 8.72. The normalized spacial score (nSPS) is 10.4. The van der Waals surface area contributed by atoms with Crippen LogP contribution in [0.1, 0.15) is 4.88 Å². The molecule has 18 heavy (non-hydrogen) atoms. The van der Waals surface area contributed by atoms with Crippen LogP contribution in [-0.2, 0) is 6.54 Å². The van der Waals surface area contributed by atoms with Crippen molar-refractivity contribution in [2.24, 2.45) is 0 Å². The van der Waals surface area contributed by atoms with Crippen molar-refractivity contribution >= 4 is 34.7 Å². The van der Waals surface area contributed by atoms with Crippen molar-refractivity contribution in [3.05, 3.63) is 28.5 Å². The molecule has 0 bridgehead atoms. The third kappa shape index (κ3) is 3.14. The Morgan fingerprint density at radius 3 is 2.89 bits per heavy atom. The van der Waals surface area contributed by atoms with Gasteiger partial charge in [-0.2, -0.15) is 0 Å². The van der Waals surface area contributed by atoms with E-state index in [9.17, 15) is 0 Å². The topological polar surface area (TPSA) is 41.0 Å². The van der Waals surface area contributed by atoms with Gasteiger partial charge in [-0.15, -0.1) is 11.3 Å². The van der Waals surface area contributed by atoms with Gasteiger partial charge in [0.05, 0.1) is 6.54 Å². The number of rotatable bonds is 5. The summed E-state index contributed by atoms with van der Waals surface area (Å²) in [5.74, 6) is 1.79. The molecule has 0 unspecified atom stereocenters. The fraction of sp³-hybridized carbons (Fsp3) is 0.333. The van der Waals surface area contributed by atoms with Crippen LogP contribution in [0, 0.1) is 0 Å². The van der Waals surface area contributed by atoms with Gasteiger partial charge in [0, 0.05) is 25.0 Å². The summed E-state index contributed by atoms with van der Waals surface area (Å²) in [5.41, 5.74) is 0. The molecule has 0 aliphatic carbocycles. The van der Waals surface area contributed by atoms with E-state index in [0.717, 1.165) is 23.3 Å². The zero-order chi connectivity index (χ0) is 13.0. The number of hydrogen-bond acceptors (Lipinski definition) is 6. The molecule has 0 atom stereocenters. The molecule has 6 heteroatoms. The molecule has 0 aliphatic heterocycles. The molecular formula is C12H16N4S2. The highest BCUT2D eigenvalue weighted by Crippen LogP contribution is 2.21. The van der Waals surface area contributed by atoms with Gasteiger partial charge in [0.2, 0.25) is 0 Å². The number of aromatic nitrogens is 2. The Hall–Kier alpha value is -1.27. The second kappa shape index (κ2) is 6.06. The average Bonchev–Trinajstić information content (AvgIpc) is 2.90. The Bertz CT molecular complexity index is 477. The number of thiophene rings is 1. The lowest BCUT2D eigenvalue weighted by atomic mass is 10.4. The van der Waals surface area contributed by atoms with E-state index in [-0.39, 0.29) is 0 Å². The molecule has 0 aliphatic rings. The first-order valence-electron chi connectivity index (χ1n) is 5.57. The van der Waals surface area contributed by atoms with E-state index in [1.807, 2.05) is 26.4 Å². The Labute approximate surface area is 115 Å². The maximum Gasteiger partial charge on any atom is 0.191 e. The Morgan fingerprint density at radius 1 is 1.44 bits per heavy atom. The molecule has 2 heterocycles. The molecule has 2 rings (SSSR count). The smallest absolute Gasteiger partial charge is 0.191 e. The Morgan fingerprint density at radius 2 is 2.28 bits per heavy atom. The van der Waals surface area contributed by atoms with Gasteiger partial charge in [-0.25, -0.2) is 9.97 Å². The summed E-state index contributed by atoms with van der Waals surface area (Å²) < 4.78 is 0. The van der Waals surface area contributed by atoms with Crippen molar-refractivity contribution in [2.75, 3.05) is 30.6 Å². The molecule has 4 nitrogen and oxygen atoms in total. The van der Waals surface area contributed by atoms with Gasteiger partial charge in [0.15, 0.2) is 5.16 Å². The summed E-state index contributed by atoms with van der Waals surface area (Å²) in [6.07, 6.45) is 1.98. The van der Waals surface area contributed by atoms with Gasteiger partial charge < -0.3 is 10.2 Å². The van der Waals surface area contributed by atoms with Crippen LogP contribution in [0.4, 0.5) is 11.6 Å². The molecular weight excluding hydrogens is 264 g/mol. The number of anilines is 2. The van der Waals surface area contributed by atoms with Crippen molar-refractivity contribution in [2.45, 2.75) is 11.7 Å². The molecule has 2 aromatic rings. The minimum absolute atomic E-state index is 0.787. The van der Waals surface area contributed by atoms with Crippen LogP contribution in [0.15, 0.2) is 28.7 Å². The van der Waals surface area contributed by atoms with Gasteiger partial charge in [-0.1, -0.05) is 17.8 Å². The largest absolute Gasteiger partial charge is 0.373 e. The summed E-state index contributed by atoms with van der Waals surface area (Å²) in [4.78, 5) is 12.3. The molecule has 0 radical (unpaired) electrons. The van der Waals surface area contributed by atoms with Gasteiger partial charge in [0.25, 0.3) is 0 Å². The lowest BCUT2D eigenvalue weighted by Gasteiger charge is -2.18. The Kier molecular flexibility index (Phi) is 4.43. The number of nitrogens with one attached hydrogen (secondary N) is 1. The summed E-state index contributed by atoms with van der Waals surface area (Å²) in [6.45, 7) is 0.867. The van der Waals surface area contributed by atoms with E-state index in [1.54, 1.807) is 23.1 Å². The van der Waals surface area contributed by atoms with Crippen molar-refractivity contribution in [1.82, 2.24) is 9.97 Å². The fourth-order valence-corrected chi connectivity index (χ4v) is 2.68. The molecule has 2 aromatic heterocycles. The highest BCUT2D eigenvalue weighted by molar-refractivity contribution is 7.98. The number of thioether (sulfide) groups is 1. The van der Waals surface area contributed by atoms with Gasteiger partial charge >= 0.3 is 0 Å². The van der Waals surface area contributed by atoms with Gasteiger partial charge in [0.1, 0.15) is 11.6 Å². The van der Waals surface area contributed by atoms with Crippen molar-refractivity contribution in [3.8, 4) is 0 Å². The minimum Gasteiger partial charge on any atom is -0.373 e. The standard InChI is InChI=1S/C12H16N4S2/c1-13-10-7-11(15-12(14-10)17-3)16(2)8-9-5-4-6-18-9/h4-7H,8H2,1-3H3,(H,13,14,15). The quantitative estimate of drug-likeness (QED) is 0.673.